The first kappa shape index (κ1) is 19.0. The van der Waals surface area contributed by atoms with Crippen molar-refractivity contribution in [1.29, 1.82) is 0 Å². The van der Waals surface area contributed by atoms with E-state index in [1.807, 2.05) is 0 Å². The van der Waals surface area contributed by atoms with Gasteiger partial charge in [0.15, 0.2) is 5.11 Å². The van der Waals surface area contributed by atoms with Crippen LogP contribution in [0.5, 0.6) is 0 Å². The zero-order valence-corrected chi connectivity index (χ0v) is 14.7. The average Bonchev–Trinajstić information content (AvgIpc) is 2.55. The summed E-state index contributed by atoms with van der Waals surface area (Å²) in [4.78, 5) is 4.30. The van der Waals surface area contributed by atoms with E-state index in [0.717, 1.165) is 56.7 Å². The molecule has 0 bridgehead atoms. The zero-order valence-electron chi connectivity index (χ0n) is 13.9. The molecule has 1 N–H and O–H groups in total. The average molecular weight is 359 g/mol. The minimum Gasteiger partial charge on any atom is -0.363 e. The van der Waals surface area contributed by atoms with Gasteiger partial charge < -0.3 is 10.2 Å². The summed E-state index contributed by atoms with van der Waals surface area (Å²) >= 11 is 5.38. The lowest BCUT2D eigenvalue weighted by molar-refractivity contribution is -0.137. The molecule has 0 radical (unpaired) electrons. The summed E-state index contributed by atoms with van der Waals surface area (Å²) in [6.45, 7) is 6.76. The highest BCUT2D eigenvalue weighted by Crippen LogP contribution is 2.29. The zero-order chi connectivity index (χ0) is 17.6. The largest absolute Gasteiger partial charge is 0.416 e. The standard InChI is InChI=1S/C17H24F3N3S/c1-2-3-7-21-16(24)23-10-8-22(9-11-23)13-14-5-4-6-15(12-14)17(18,19)20/h4-6,12H,2-3,7-11,13H2,1H3,(H,21,24). The van der Waals surface area contributed by atoms with E-state index in [1.54, 1.807) is 6.07 Å². The molecular formula is C17H24F3N3S. The smallest absolute Gasteiger partial charge is 0.363 e. The molecule has 0 aliphatic carbocycles. The molecule has 0 aromatic heterocycles. The Morgan fingerprint density at radius 2 is 1.92 bits per heavy atom. The van der Waals surface area contributed by atoms with Gasteiger partial charge in [0.1, 0.15) is 0 Å². The maximum Gasteiger partial charge on any atom is 0.416 e. The molecule has 7 heteroatoms. The molecule has 1 saturated heterocycles. The van der Waals surface area contributed by atoms with Crippen LogP contribution in [0.2, 0.25) is 0 Å². The van der Waals surface area contributed by atoms with Crippen LogP contribution in [-0.2, 0) is 12.7 Å². The quantitative estimate of drug-likeness (QED) is 0.640. The highest BCUT2D eigenvalue weighted by Gasteiger charge is 2.30. The third-order valence-electron chi connectivity index (χ3n) is 4.13. The Morgan fingerprint density at radius 1 is 1.21 bits per heavy atom. The third kappa shape index (κ3) is 5.63. The van der Waals surface area contributed by atoms with Gasteiger partial charge in [-0.1, -0.05) is 31.5 Å². The van der Waals surface area contributed by atoms with Crippen LogP contribution in [-0.4, -0.2) is 47.6 Å². The van der Waals surface area contributed by atoms with Crippen molar-refractivity contribution >= 4 is 17.3 Å². The van der Waals surface area contributed by atoms with E-state index >= 15 is 0 Å². The van der Waals surface area contributed by atoms with E-state index in [0.29, 0.717) is 12.1 Å². The molecule has 0 amide bonds. The molecule has 1 aliphatic heterocycles. The number of alkyl halides is 3. The van der Waals surface area contributed by atoms with Crippen LogP contribution in [0.3, 0.4) is 0 Å². The number of thiocarbonyl (C=S) groups is 1. The highest BCUT2D eigenvalue weighted by atomic mass is 32.1. The minimum absolute atomic E-state index is 0.536. The van der Waals surface area contributed by atoms with Gasteiger partial charge >= 0.3 is 6.18 Å². The maximum absolute atomic E-state index is 12.8. The van der Waals surface area contributed by atoms with E-state index in [4.69, 9.17) is 12.2 Å². The van der Waals surface area contributed by atoms with Crippen molar-refractivity contribution in [3.8, 4) is 0 Å². The van der Waals surface area contributed by atoms with Gasteiger partial charge in [0.05, 0.1) is 5.56 Å². The van der Waals surface area contributed by atoms with Crippen molar-refractivity contribution in [3.05, 3.63) is 35.4 Å². The number of benzene rings is 1. The first-order valence-electron chi connectivity index (χ1n) is 8.31. The number of nitrogens with zero attached hydrogens (tertiary/aromatic N) is 2. The Kier molecular flexibility index (Phi) is 6.86. The molecular weight excluding hydrogens is 335 g/mol. The monoisotopic (exact) mass is 359 g/mol. The fourth-order valence-electron chi connectivity index (χ4n) is 2.70. The van der Waals surface area contributed by atoms with E-state index in [1.165, 1.54) is 12.1 Å². The lowest BCUT2D eigenvalue weighted by atomic mass is 10.1. The molecule has 134 valence electrons. The van der Waals surface area contributed by atoms with E-state index in [9.17, 15) is 13.2 Å². The Bertz CT molecular complexity index is 540. The second-order valence-electron chi connectivity index (χ2n) is 6.05. The molecule has 0 saturated carbocycles. The fraction of sp³-hybridized carbons (Fsp3) is 0.588. The normalized spacial score (nSPS) is 16.2. The van der Waals surface area contributed by atoms with E-state index in [-0.39, 0.29) is 0 Å². The van der Waals surface area contributed by atoms with Crippen LogP contribution < -0.4 is 5.32 Å². The van der Waals surface area contributed by atoms with Crippen LogP contribution >= 0.6 is 12.2 Å². The van der Waals surface area contributed by atoms with Gasteiger partial charge in [-0.15, -0.1) is 0 Å². The summed E-state index contributed by atoms with van der Waals surface area (Å²) in [6, 6.07) is 5.57. The third-order valence-corrected chi connectivity index (χ3v) is 4.53. The van der Waals surface area contributed by atoms with E-state index in [2.05, 4.69) is 22.0 Å². The molecule has 3 nitrogen and oxygen atoms in total. The van der Waals surface area contributed by atoms with Gasteiger partial charge in [-0.05, 0) is 30.3 Å². The molecule has 0 unspecified atom stereocenters. The Labute approximate surface area is 146 Å². The first-order valence-corrected chi connectivity index (χ1v) is 8.72. The Hall–Kier alpha value is -1.34. The van der Waals surface area contributed by atoms with E-state index < -0.39 is 11.7 Å². The highest BCUT2D eigenvalue weighted by molar-refractivity contribution is 7.80. The number of hydrogen-bond donors (Lipinski definition) is 1. The second kappa shape index (κ2) is 8.67. The maximum atomic E-state index is 12.8. The summed E-state index contributed by atoms with van der Waals surface area (Å²) in [5.74, 6) is 0. The SMILES string of the molecule is CCCCNC(=S)N1CCN(Cc2cccc(C(F)(F)F)c2)CC1. The molecule has 1 aromatic rings. The number of hydrogen-bond acceptors (Lipinski definition) is 2. The Morgan fingerprint density at radius 3 is 2.54 bits per heavy atom. The lowest BCUT2D eigenvalue weighted by Gasteiger charge is -2.36. The van der Waals surface area contributed by atoms with Crippen molar-refractivity contribution in [1.82, 2.24) is 15.1 Å². The summed E-state index contributed by atoms with van der Waals surface area (Å²) in [7, 11) is 0. The molecule has 2 rings (SSSR count). The Balaban J connectivity index is 1.82. The van der Waals surface area contributed by atoms with Crippen molar-refractivity contribution in [2.45, 2.75) is 32.5 Å². The van der Waals surface area contributed by atoms with Gasteiger partial charge in [-0.25, -0.2) is 0 Å². The van der Waals surface area contributed by atoms with Crippen LogP contribution in [0.15, 0.2) is 24.3 Å². The number of piperazine rings is 1. The van der Waals surface area contributed by atoms with Crippen LogP contribution in [0.25, 0.3) is 0 Å². The van der Waals surface area contributed by atoms with Crippen LogP contribution in [0.4, 0.5) is 13.2 Å². The molecule has 0 spiro atoms. The van der Waals surface area contributed by atoms with Crippen molar-refractivity contribution in [2.24, 2.45) is 0 Å². The summed E-state index contributed by atoms with van der Waals surface area (Å²) in [5.41, 5.74) is 0.113. The molecule has 0 atom stereocenters. The summed E-state index contributed by atoms with van der Waals surface area (Å²) in [5, 5.41) is 4.04. The first-order chi connectivity index (χ1) is 11.4. The van der Waals surface area contributed by atoms with Crippen LogP contribution in [0, 0.1) is 0 Å². The van der Waals surface area contributed by atoms with Crippen molar-refractivity contribution in [3.63, 3.8) is 0 Å². The van der Waals surface area contributed by atoms with Gasteiger partial charge in [0.2, 0.25) is 0 Å². The summed E-state index contributed by atoms with van der Waals surface area (Å²) in [6.07, 6.45) is -2.07. The van der Waals surface area contributed by atoms with Gasteiger partial charge in [-0.3, -0.25) is 4.90 Å². The topological polar surface area (TPSA) is 18.5 Å². The minimum atomic E-state index is -4.29. The summed E-state index contributed by atoms with van der Waals surface area (Å²) < 4.78 is 38.3. The molecule has 1 fully saturated rings. The van der Waals surface area contributed by atoms with Crippen LogP contribution in [0.1, 0.15) is 30.9 Å². The number of unbranched alkanes of at least 4 members (excludes halogenated alkanes) is 1. The molecule has 1 heterocycles. The molecule has 1 aromatic carbocycles. The predicted octanol–water partition coefficient (Wildman–Crippen LogP) is 3.50. The lowest BCUT2D eigenvalue weighted by Crippen LogP contribution is -2.51. The molecule has 24 heavy (non-hydrogen) atoms. The number of halogens is 3. The van der Waals surface area contributed by atoms with Gasteiger partial charge in [0, 0.05) is 39.3 Å². The number of rotatable bonds is 5. The van der Waals surface area contributed by atoms with Crippen molar-refractivity contribution < 1.29 is 13.2 Å². The van der Waals surface area contributed by atoms with Crippen molar-refractivity contribution in [2.75, 3.05) is 32.7 Å². The predicted molar refractivity (Wildman–Crippen MR) is 93.8 cm³/mol. The second-order valence-corrected chi connectivity index (χ2v) is 6.43. The van der Waals surface area contributed by atoms with Gasteiger partial charge in [0.25, 0.3) is 0 Å². The van der Waals surface area contributed by atoms with Gasteiger partial charge in [-0.2, -0.15) is 13.2 Å². The number of nitrogens with one attached hydrogen (secondary N) is 1. The molecule has 1 aliphatic rings. The fourth-order valence-corrected chi connectivity index (χ4v) is 2.98.